The maximum atomic E-state index is 2.45. The number of rotatable bonds is 2. The van der Waals surface area contributed by atoms with E-state index in [1.54, 1.807) is 0 Å². The molecule has 0 aliphatic carbocycles. The molecule has 1 aliphatic heterocycles. The minimum Gasteiger partial charge on any atom is -0.360 e. The van der Waals surface area contributed by atoms with Crippen LogP contribution in [0, 0.1) is 0 Å². The van der Waals surface area contributed by atoms with E-state index >= 15 is 0 Å². The Kier molecular flexibility index (Phi) is 2.85. The average molecular weight is 251 g/mol. The van der Waals surface area contributed by atoms with Gasteiger partial charge in [0.1, 0.15) is 0 Å². The predicted molar refractivity (Wildman–Crippen MR) is 81.7 cm³/mol. The highest BCUT2D eigenvalue weighted by molar-refractivity contribution is 5.57. The molecular weight excluding hydrogens is 230 g/mol. The molecule has 0 amide bonds. The smallest absolute Gasteiger partial charge is 0.0718 e. The van der Waals surface area contributed by atoms with Crippen molar-refractivity contribution in [2.45, 2.75) is 32.2 Å². The summed E-state index contributed by atoms with van der Waals surface area (Å²) >= 11 is 0. The summed E-state index contributed by atoms with van der Waals surface area (Å²) < 4.78 is 0. The molecule has 0 spiro atoms. The molecule has 1 heteroatoms. The molecule has 2 aromatic rings. The standard InChI is InChI=1S/C18H21N/c1-18(2,3)15-9-11-16(12-10-15)19-13-17(19)14-7-5-4-6-8-14/h4-12,17H,13H2,1-3H3. The van der Waals surface area contributed by atoms with Gasteiger partial charge in [0, 0.05) is 12.2 Å². The summed E-state index contributed by atoms with van der Waals surface area (Å²) in [5, 5.41) is 0. The zero-order chi connectivity index (χ0) is 13.5. The summed E-state index contributed by atoms with van der Waals surface area (Å²) in [7, 11) is 0. The summed E-state index contributed by atoms with van der Waals surface area (Å²) in [5.41, 5.74) is 4.38. The Hall–Kier alpha value is -1.76. The van der Waals surface area contributed by atoms with Crippen LogP contribution in [0.25, 0.3) is 0 Å². The maximum Gasteiger partial charge on any atom is 0.0718 e. The molecule has 0 saturated carbocycles. The highest BCUT2D eigenvalue weighted by atomic mass is 15.3. The SMILES string of the molecule is CC(C)(C)c1ccc(N2CC2c2ccccc2)cc1. The maximum absolute atomic E-state index is 2.45. The van der Waals surface area contributed by atoms with Gasteiger partial charge in [-0.25, -0.2) is 0 Å². The topological polar surface area (TPSA) is 3.01 Å². The van der Waals surface area contributed by atoms with Crippen LogP contribution in [-0.2, 0) is 5.41 Å². The van der Waals surface area contributed by atoms with E-state index in [0.29, 0.717) is 6.04 Å². The fourth-order valence-electron chi connectivity index (χ4n) is 2.54. The van der Waals surface area contributed by atoms with Gasteiger partial charge in [-0.05, 0) is 28.7 Å². The van der Waals surface area contributed by atoms with Gasteiger partial charge >= 0.3 is 0 Å². The zero-order valence-corrected chi connectivity index (χ0v) is 11.9. The van der Waals surface area contributed by atoms with Crippen molar-refractivity contribution in [1.82, 2.24) is 0 Å². The van der Waals surface area contributed by atoms with Crippen LogP contribution in [0.3, 0.4) is 0 Å². The Labute approximate surface area is 115 Å². The van der Waals surface area contributed by atoms with Gasteiger partial charge < -0.3 is 4.90 Å². The lowest BCUT2D eigenvalue weighted by Crippen LogP contribution is -2.10. The highest BCUT2D eigenvalue weighted by Gasteiger charge is 2.35. The van der Waals surface area contributed by atoms with Gasteiger partial charge in [0.05, 0.1) is 6.04 Å². The predicted octanol–water partition coefficient (Wildman–Crippen LogP) is 4.55. The van der Waals surface area contributed by atoms with Crippen molar-refractivity contribution >= 4 is 5.69 Å². The van der Waals surface area contributed by atoms with Crippen molar-refractivity contribution in [1.29, 1.82) is 0 Å². The lowest BCUT2D eigenvalue weighted by molar-refractivity contribution is 0.590. The van der Waals surface area contributed by atoms with E-state index in [4.69, 9.17) is 0 Å². The quantitative estimate of drug-likeness (QED) is 0.708. The van der Waals surface area contributed by atoms with Crippen molar-refractivity contribution in [2.75, 3.05) is 11.4 Å². The summed E-state index contributed by atoms with van der Waals surface area (Å²) in [6.07, 6.45) is 0. The number of anilines is 1. The van der Waals surface area contributed by atoms with Crippen LogP contribution in [0.4, 0.5) is 5.69 Å². The van der Waals surface area contributed by atoms with E-state index < -0.39 is 0 Å². The number of benzene rings is 2. The summed E-state index contributed by atoms with van der Waals surface area (Å²) in [6.45, 7) is 7.91. The van der Waals surface area contributed by atoms with E-state index in [-0.39, 0.29) is 5.41 Å². The highest BCUT2D eigenvalue weighted by Crippen LogP contribution is 2.40. The molecule has 1 fully saturated rings. The van der Waals surface area contributed by atoms with Gasteiger partial charge in [-0.15, -0.1) is 0 Å². The first-order chi connectivity index (χ1) is 9.05. The van der Waals surface area contributed by atoms with E-state index in [1.807, 2.05) is 0 Å². The minimum absolute atomic E-state index is 0.232. The zero-order valence-electron chi connectivity index (χ0n) is 11.9. The van der Waals surface area contributed by atoms with E-state index in [9.17, 15) is 0 Å². The molecule has 0 N–H and O–H groups in total. The fourth-order valence-corrected chi connectivity index (χ4v) is 2.54. The van der Waals surface area contributed by atoms with Crippen LogP contribution in [0.15, 0.2) is 54.6 Å². The lowest BCUT2D eigenvalue weighted by Gasteiger charge is -2.19. The molecule has 1 unspecified atom stereocenters. The first-order valence-electron chi connectivity index (χ1n) is 6.98. The van der Waals surface area contributed by atoms with E-state index in [1.165, 1.54) is 16.8 Å². The first-order valence-corrected chi connectivity index (χ1v) is 6.98. The van der Waals surface area contributed by atoms with Gasteiger partial charge in [0.15, 0.2) is 0 Å². The molecule has 0 radical (unpaired) electrons. The van der Waals surface area contributed by atoms with Crippen molar-refractivity contribution in [2.24, 2.45) is 0 Å². The molecule has 0 bridgehead atoms. The molecule has 1 atom stereocenters. The Balaban J connectivity index is 1.76. The Bertz CT molecular complexity index is 548. The average Bonchev–Trinajstić information content (AvgIpc) is 3.19. The number of nitrogens with zero attached hydrogens (tertiary/aromatic N) is 1. The van der Waals surface area contributed by atoms with E-state index in [0.717, 1.165) is 6.54 Å². The molecule has 3 rings (SSSR count). The van der Waals surface area contributed by atoms with Crippen LogP contribution >= 0.6 is 0 Å². The van der Waals surface area contributed by atoms with Gasteiger partial charge in [-0.3, -0.25) is 0 Å². The van der Waals surface area contributed by atoms with Crippen LogP contribution in [0.5, 0.6) is 0 Å². The molecule has 1 saturated heterocycles. The fraction of sp³-hybridized carbons (Fsp3) is 0.333. The summed E-state index contributed by atoms with van der Waals surface area (Å²) in [5.74, 6) is 0. The molecule has 98 valence electrons. The molecule has 1 nitrogen and oxygen atoms in total. The number of hydrogen-bond acceptors (Lipinski definition) is 1. The molecule has 1 aliphatic rings. The second-order valence-corrected chi connectivity index (χ2v) is 6.38. The largest absolute Gasteiger partial charge is 0.360 e. The van der Waals surface area contributed by atoms with Crippen LogP contribution in [-0.4, -0.2) is 6.54 Å². The Morgan fingerprint density at radius 2 is 1.53 bits per heavy atom. The second kappa shape index (κ2) is 4.41. The molecule has 1 heterocycles. The second-order valence-electron chi connectivity index (χ2n) is 6.38. The van der Waals surface area contributed by atoms with Crippen LogP contribution in [0.1, 0.15) is 37.9 Å². The Morgan fingerprint density at radius 3 is 2.11 bits per heavy atom. The van der Waals surface area contributed by atoms with Gasteiger partial charge in [0.25, 0.3) is 0 Å². The number of hydrogen-bond donors (Lipinski definition) is 0. The third-order valence-electron chi connectivity index (χ3n) is 3.86. The van der Waals surface area contributed by atoms with Crippen LogP contribution < -0.4 is 4.90 Å². The first kappa shape index (κ1) is 12.3. The van der Waals surface area contributed by atoms with Crippen molar-refractivity contribution < 1.29 is 0 Å². The molecule has 0 aromatic heterocycles. The summed E-state index contributed by atoms with van der Waals surface area (Å²) in [4.78, 5) is 2.45. The van der Waals surface area contributed by atoms with Crippen molar-refractivity contribution in [3.05, 3.63) is 65.7 Å². The van der Waals surface area contributed by atoms with E-state index in [2.05, 4.69) is 80.3 Å². The van der Waals surface area contributed by atoms with Crippen molar-refractivity contribution in [3.8, 4) is 0 Å². The normalized spacial score (nSPS) is 18.5. The molecule has 2 aromatic carbocycles. The van der Waals surface area contributed by atoms with Crippen LogP contribution in [0.2, 0.25) is 0 Å². The van der Waals surface area contributed by atoms with Gasteiger partial charge in [0.2, 0.25) is 0 Å². The minimum atomic E-state index is 0.232. The third-order valence-corrected chi connectivity index (χ3v) is 3.86. The molecular formula is C18H21N. The third kappa shape index (κ3) is 2.51. The Morgan fingerprint density at radius 1 is 0.895 bits per heavy atom. The van der Waals surface area contributed by atoms with Gasteiger partial charge in [-0.2, -0.15) is 0 Å². The van der Waals surface area contributed by atoms with Gasteiger partial charge in [-0.1, -0.05) is 63.2 Å². The molecule has 19 heavy (non-hydrogen) atoms. The van der Waals surface area contributed by atoms with Crippen molar-refractivity contribution in [3.63, 3.8) is 0 Å². The summed E-state index contributed by atoms with van der Waals surface area (Å²) in [6, 6.07) is 20.3. The lowest BCUT2D eigenvalue weighted by atomic mass is 9.87. The monoisotopic (exact) mass is 251 g/mol.